The molecule has 1 unspecified atom stereocenters. The maximum atomic E-state index is 12.5. The molecule has 0 fully saturated rings. The summed E-state index contributed by atoms with van der Waals surface area (Å²) in [5, 5.41) is 8.65. The lowest BCUT2D eigenvalue weighted by Gasteiger charge is -2.19. The van der Waals surface area contributed by atoms with E-state index in [0.29, 0.717) is 0 Å². The van der Waals surface area contributed by atoms with E-state index in [-0.39, 0.29) is 6.61 Å². The summed E-state index contributed by atoms with van der Waals surface area (Å²) in [6.45, 7) is 1.30. The summed E-state index contributed by atoms with van der Waals surface area (Å²) in [4.78, 5) is 21.8. The molecule has 9 heteroatoms. The number of alkyl halides is 5. The number of carbonyl (C=O) groups is 2. The van der Waals surface area contributed by atoms with Crippen LogP contribution in [-0.2, 0) is 14.3 Å². The smallest absolute Gasteiger partial charge is 0.453 e. The van der Waals surface area contributed by atoms with Crippen molar-refractivity contribution in [2.75, 3.05) is 6.61 Å². The number of carboxylic acid groups (broad SMARTS) is 1. The van der Waals surface area contributed by atoms with E-state index in [1.807, 2.05) is 0 Å². The number of halogens is 5. The Morgan fingerprint density at radius 1 is 1.21 bits per heavy atom. The molecule has 0 aliphatic carbocycles. The SMILES string of the molecule is CCOC(=O)C(CCCC(F)(F)C(F)(F)F)C(=O)O. The van der Waals surface area contributed by atoms with Gasteiger partial charge in [0, 0.05) is 6.42 Å². The topological polar surface area (TPSA) is 63.6 Å². The fraction of sp³-hybridized carbons (Fsp3) is 0.800. The van der Waals surface area contributed by atoms with Gasteiger partial charge in [0.05, 0.1) is 6.61 Å². The Kier molecular flexibility index (Phi) is 6.17. The van der Waals surface area contributed by atoms with Crippen LogP contribution in [0.5, 0.6) is 0 Å². The van der Waals surface area contributed by atoms with E-state index in [0.717, 1.165) is 0 Å². The molecule has 112 valence electrons. The molecule has 19 heavy (non-hydrogen) atoms. The summed E-state index contributed by atoms with van der Waals surface area (Å²) in [5.74, 6) is -9.40. The average molecular weight is 292 g/mol. The van der Waals surface area contributed by atoms with E-state index in [1.54, 1.807) is 0 Å². The van der Waals surface area contributed by atoms with Gasteiger partial charge in [0.15, 0.2) is 5.92 Å². The van der Waals surface area contributed by atoms with E-state index < -0.39 is 49.2 Å². The summed E-state index contributed by atoms with van der Waals surface area (Å²) in [5.41, 5.74) is 0. The van der Waals surface area contributed by atoms with E-state index >= 15 is 0 Å². The van der Waals surface area contributed by atoms with Crippen LogP contribution < -0.4 is 0 Å². The maximum Gasteiger partial charge on any atom is 0.453 e. The number of ether oxygens (including phenoxy) is 1. The first-order valence-corrected chi connectivity index (χ1v) is 5.37. The zero-order valence-corrected chi connectivity index (χ0v) is 9.97. The van der Waals surface area contributed by atoms with E-state index in [1.165, 1.54) is 6.92 Å². The predicted molar refractivity (Wildman–Crippen MR) is 52.6 cm³/mol. The van der Waals surface area contributed by atoms with Gasteiger partial charge in [-0.1, -0.05) is 0 Å². The predicted octanol–water partition coefficient (Wildman–Crippen LogP) is 2.62. The highest BCUT2D eigenvalue weighted by Crippen LogP contribution is 2.39. The molecule has 4 nitrogen and oxygen atoms in total. The van der Waals surface area contributed by atoms with Gasteiger partial charge in [-0.05, 0) is 19.8 Å². The molecule has 0 aromatic rings. The minimum Gasteiger partial charge on any atom is -0.481 e. The Balaban J connectivity index is 4.44. The fourth-order valence-electron chi connectivity index (χ4n) is 1.25. The van der Waals surface area contributed by atoms with Crippen molar-refractivity contribution in [2.24, 2.45) is 5.92 Å². The first-order valence-electron chi connectivity index (χ1n) is 5.37. The maximum absolute atomic E-state index is 12.5. The van der Waals surface area contributed by atoms with Gasteiger partial charge in [-0.2, -0.15) is 22.0 Å². The molecule has 0 aromatic carbocycles. The molecule has 0 saturated carbocycles. The Bertz CT molecular complexity index is 326. The third-order valence-electron chi connectivity index (χ3n) is 2.27. The van der Waals surface area contributed by atoms with Gasteiger partial charge in [0.1, 0.15) is 0 Å². The highest BCUT2D eigenvalue weighted by molar-refractivity contribution is 5.93. The number of hydrogen-bond donors (Lipinski definition) is 1. The molecule has 1 N–H and O–H groups in total. The first kappa shape index (κ1) is 17.6. The summed E-state index contributed by atoms with van der Waals surface area (Å²) in [6.07, 6.45) is -8.66. The third-order valence-corrected chi connectivity index (χ3v) is 2.27. The van der Waals surface area contributed by atoms with Gasteiger partial charge in [-0.3, -0.25) is 9.59 Å². The van der Waals surface area contributed by atoms with E-state index in [4.69, 9.17) is 5.11 Å². The number of carbonyl (C=O) groups excluding carboxylic acids is 1. The number of esters is 1. The van der Waals surface area contributed by atoms with Crippen molar-refractivity contribution >= 4 is 11.9 Å². The van der Waals surface area contributed by atoms with Crippen LogP contribution in [0.15, 0.2) is 0 Å². The Morgan fingerprint density at radius 3 is 2.11 bits per heavy atom. The molecule has 0 radical (unpaired) electrons. The lowest BCUT2D eigenvalue weighted by atomic mass is 10.0. The lowest BCUT2D eigenvalue weighted by Crippen LogP contribution is -2.36. The minimum atomic E-state index is -5.68. The van der Waals surface area contributed by atoms with Crippen molar-refractivity contribution < 1.29 is 41.4 Å². The average Bonchev–Trinajstić information content (AvgIpc) is 2.22. The van der Waals surface area contributed by atoms with Crippen LogP contribution in [0.1, 0.15) is 26.2 Å². The lowest BCUT2D eigenvalue weighted by molar-refractivity contribution is -0.284. The van der Waals surface area contributed by atoms with Crippen molar-refractivity contribution in [2.45, 2.75) is 38.3 Å². The quantitative estimate of drug-likeness (QED) is 0.445. The zero-order valence-electron chi connectivity index (χ0n) is 9.97. The standard InChI is InChI=1S/C10H13F5O4/c1-2-19-8(18)6(7(16)17)4-3-5-9(11,12)10(13,14)15/h6H,2-5H2,1H3,(H,16,17). The highest BCUT2D eigenvalue weighted by atomic mass is 19.4. The van der Waals surface area contributed by atoms with Crippen LogP contribution in [0.2, 0.25) is 0 Å². The molecular weight excluding hydrogens is 279 g/mol. The van der Waals surface area contributed by atoms with E-state index in [9.17, 15) is 31.5 Å². The van der Waals surface area contributed by atoms with Gasteiger partial charge in [0.2, 0.25) is 0 Å². The molecule has 1 atom stereocenters. The van der Waals surface area contributed by atoms with Crippen LogP contribution in [0.25, 0.3) is 0 Å². The second-order valence-electron chi connectivity index (χ2n) is 3.74. The number of carboxylic acids is 1. The molecule has 0 aromatic heterocycles. The monoisotopic (exact) mass is 292 g/mol. The fourth-order valence-corrected chi connectivity index (χ4v) is 1.25. The Hall–Kier alpha value is -1.41. The van der Waals surface area contributed by atoms with Crippen molar-refractivity contribution in [1.29, 1.82) is 0 Å². The third kappa shape index (κ3) is 5.39. The Morgan fingerprint density at radius 2 is 1.74 bits per heavy atom. The normalized spacial score (nSPS) is 14.0. The molecule has 0 saturated heterocycles. The van der Waals surface area contributed by atoms with Crippen LogP contribution in [0.4, 0.5) is 22.0 Å². The number of hydrogen-bond acceptors (Lipinski definition) is 3. The molecule has 0 amide bonds. The summed E-state index contributed by atoms with van der Waals surface area (Å²) in [6, 6.07) is 0. The summed E-state index contributed by atoms with van der Waals surface area (Å²) < 4.78 is 65.0. The zero-order chi connectivity index (χ0) is 15.3. The van der Waals surface area contributed by atoms with Gasteiger partial charge in [0.25, 0.3) is 0 Å². The largest absolute Gasteiger partial charge is 0.481 e. The molecule has 0 rings (SSSR count). The Labute approximate surface area is 105 Å². The van der Waals surface area contributed by atoms with Crippen molar-refractivity contribution in [3.63, 3.8) is 0 Å². The minimum absolute atomic E-state index is 0.110. The van der Waals surface area contributed by atoms with Crippen LogP contribution >= 0.6 is 0 Å². The van der Waals surface area contributed by atoms with Gasteiger partial charge in [-0.15, -0.1) is 0 Å². The van der Waals surface area contributed by atoms with Gasteiger partial charge < -0.3 is 9.84 Å². The number of aliphatic carboxylic acids is 1. The summed E-state index contributed by atoms with van der Waals surface area (Å²) in [7, 11) is 0. The molecule has 0 aliphatic rings. The van der Waals surface area contributed by atoms with Crippen LogP contribution in [-0.4, -0.2) is 35.8 Å². The highest BCUT2D eigenvalue weighted by Gasteiger charge is 2.56. The number of rotatable bonds is 7. The molecule has 0 aliphatic heterocycles. The first-order chi connectivity index (χ1) is 8.53. The molecule has 0 heterocycles. The molecular formula is C10H13F5O4. The van der Waals surface area contributed by atoms with Crippen molar-refractivity contribution in [1.82, 2.24) is 0 Å². The van der Waals surface area contributed by atoms with E-state index in [2.05, 4.69) is 4.74 Å². The molecule has 0 spiro atoms. The van der Waals surface area contributed by atoms with Crippen LogP contribution in [0.3, 0.4) is 0 Å². The second-order valence-corrected chi connectivity index (χ2v) is 3.74. The van der Waals surface area contributed by atoms with Crippen molar-refractivity contribution in [3.05, 3.63) is 0 Å². The van der Waals surface area contributed by atoms with Crippen molar-refractivity contribution in [3.8, 4) is 0 Å². The van der Waals surface area contributed by atoms with Crippen LogP contribution in [0, 0.1) is 5.92 Å². The second kappa shape index (κ2) is 6.67. The van der Waals surface area contributed by atoms with Gasteiger partial charge >= 0.3 is 24.0 Å². The molecule has 0 bridgehead atoms. The summed E-state index contributed by atoms with van der Waals surface area (Å²) >= 11 is 0. The van der Waals surface area contributed by atoms with Gasteiger partial charge in [-0.25, -0.2) is 0 Å².